The molecule has 1 amide bonds. The zero-order valence-corrected chi connectivity index (χ0v) is 16.5. The quantitative estimate of drug-likeness (QED) is 0.690. The van der Waals surface area contributed by atoms with Gasteiger partial charge in [0.25, 0.3) is 0 Å². The fourth-order valence-corrected chi connectivity index (χ4v) is 3.70. The highest BCUT2D eigenvalue weighted by atomic mass is 32.2. The third kappa shape index (κ3) is 6.74. The maximum Gasteiger partial charge on any atom is 0.241 e. The lowest BCUT2D eigenvalue weighted by Gasteiger charge is -2.12. The van der Waals surface area contributed by atoms with E-state index in [1.807, 2.05) is 32.0 Å². The number of hydrogen-bond donors (Lipinski definition) is 2. The lowest BCUT2D eigenvalue weighted by molar-refractivity contribution is -0.117. The van der Waals surface area contributed by atoms with E-state index in [1.54, 1.807) is 12.1 Å². The van der Waals surface area contributed by atoms with E-state index in [4.69, 9.17) is 5.73 Å². The Labute approximate surface area is 157 Å². The van der Waals surface area contributed by atoms with Crippen LogP contribution in [0.1, 0.15) is 17.8 Å². The molecule has 0 radical (unpaired) electrons. The molecule has 2 aromatic rings. The van der Waals surface area contributed by atoms with Crippen molar-refractivity contribution in [3.05, 3.63) is 41.7 Å². The van der Waals surface area contributed by atoms with Gasteiger partial charge in [0, 0.05) is 28.2 Å². The third-order valence-corrected chi connectivity index (χ3v) is 5.28. The summed E-state index contributed by atoms with van der Waals surface area (Å²) in [5, 5.41) is 3.36. The van der Waals surface area contributed by atoms with Crippen molar-refractivity contribution >= 4 is 33.2 Å². The number of nitrogens with two attached hydrogens (primary N) is 1. The maximum absolute atomic E-state index is 12.0. The zero-order valence-electron chi connectivity index (χ0n) is 14.9. The van der Waals surface area contributed by atoms with Gasteiger partial charge in [-0.05, 0) is 62.4 Å². The summed E-state index contributed by atoms with van der Waals surface area (Å²) in [6, 6.07) is 8.25. The van der Waals surface area contributed by atoms with Crippen LogP contribution in [0, 0.1) is 13.8 Å². The van der Waals surface area contributed by atoms with Gasteiger partial charge in [0.05, 0.1) is 11.8 Å². The summed E-state index contributed by atoms with van der Waals surface area (Å²) < 4.78 is 22.3. The largest absolute Gasteiger partial charge is 0.325 e. The van der Waals surface area contributed by atoms with Crippen LogP contribution in [0.3, 0.4) is 0 Å². The van der Waals surface area contributed by atoms with Crippen molar-refractivity contribution in [3.8, 4) is 0 Å². The lowest BCUT2D eigenvalue weighted by Crippen LogP contribution is -2.37. The number of aromatic nitrogens is 2. The molecule has 0 aliphatic rings. The minimum absolute atomic E-state index is 0.0860. The van der Waals surface area contributed by atoms with Gasteiger partial charge in [-0.15, -0.1) is 0 Å². The molecule has 0 saturated carbocycles. The second kappa shape index (κ2) is 8.61. The normalized spacial score (nSPS) is 12.6. The minimum Gasteiger partial charge on any atom is -0.325 e. The second-order valence-corrected chi connectivity index (χ2v) is 9.37. The molecule has 0 aliphatic heterocycles. The van der Waals surface area contributed by atoms with Gasteiger partial charge in [-0.3, -0.25) is 4.79 Å². The van der Waals surface area contributed by atoms with Crippen molar-refractivity contribution in [2.45, 2.75) is 36.4 Å². The van der Waals surface area contributed by atoms with E-state index in [2.05, 4.69) is 15.3 Å². The van der Waals surface area contributed by atoms with Crippen LogP contribution in [-0.4, -0.2) is 42.3 Å². The smallest absolute Gasteiger partial charge is 0.241 e. The van der Waals surface area contributed by atoms with Crippen LogP contribution in [0.15, 0.2) is 40.4 Å². The highest BCUT2D eigenvalue weighted by Crippen LogP contribution is 2.26. The molecule has 1 unspecified atom stereocenters. The second-order valence-electron chi connectivity index (χ2n) is 6.07. The predicted octanol–water partition coefficient (Wildman–Crippen LogP) is 1.95. The van der Waals surface area contributed by atoms with Crippen molar-refractivity contribution in [1.82, 2.24) is 9.97 Å². The number of benzene rings is 1. The minimum atomic E-state index is -3.14. The molecule has 1 heterocycles. The maximum atomic E-state index is 12.0. The lowest BCUT2D eigenvalue weighted by atomic mass is 10.2. The summed E-state index contributed by atoms with van der Waals surface area (Å²) >= 11 is 1.43. The number of carbonyl (C=O) groups is 1. The fraction of sp³-hybridized carbons (Fsp3) is 0.353. The number of hydrogen-bond acceptors (Lipinski definition) is 7. The Morgan fingerprint density at radius 1 is 1.19 bits per heavy atom. The van der Waals surface area contributed by atoms with Gasteiger partial charge in [0.1, 0.15) is 9.84 Å². The highest BCUT2D eigenvalue weighted by molar-refractivity contribution is 7.99. The van der Waals surface area contributed by atoms with Gasteiger partial charge in [-0.2, -0.15) is 0 Å². The Balaban J connectivity index is 1.95. The van der Waals surface area contributed by atoms with Crippen LogP contribution >= 0.6 is 11.8 Å². The monoisotopic (exact) mass is 394 g/mol. The molecule has 0 saturated heterocycles. The average molecular weight is 395 g/mol. The van der Waals surface area contributed by atoms with Gasteiger partial charge in [-0.1, -0.05) is 0 Å². The van der Waals surface area contributed by atoms with E-state index in [0.29, 0.717) is 10.8 Å². The zero-order chi connectivity index (χ0) is 19.3. The third-order valence-electron chi connectivity index (χ3n) is 3.43. The molecule has 0 spiro atoms. The summed E-state index contributed by atoms with van der Waals surface area (Å²) in [4.78, 5) is 21.7. The van der Waals surface area contributed by atoms with E-state index in [9.17, 15) is 13.2 Å². The Hall–Kier alpha value is -1.97. The molecule has 1 aromatic carbocycles. The molecule has 140 valence electrons. The molecule has 3 N–H and O–H groups in total. The highest BCUT2D eigenvalue weighted by Gasteiger charge is 2.16. The first-order valence-electron chi connectivity index (χ1n) is 7.97. The molecular formula is C17H22N4O3S2. The predicted molar refractivity (Wildman–Crippen MR) is 103 cm³/mol. The van der Waals surface area contributed by atoms with Gasteiger partial charge >= 0.3 is 0 Å². The van der Waals surface area contributed by atoms with Crippen molar-refractivity contribution in [2.75, 3.05) is 17.3 Å². The van der Waals surface area contributed by atoms with E-state index in [1.165, 1.54) is 11.8 Å². The Morgan fingerprint density at radius 2 is 1.77 bits per heavy atom. The molecule has 0 aliphatic carbocycles. The van der Waals surface area contributed by atoms with Crippen LogP contribution in [0.4, 0.5) is 5.69 Å². The molecule has 1 atom stereocenters. The van der Waals surface area contributed by atoms with E-state index >= 15 is 0 Å². The van der Waals surface area contributed by atoms with Crippen LogP contribution in [-0.2, 0) is 14.6 Å². The van der Waals surface area contributed by atoms with E-state index in [0.717, 1.165) is 22.5 Å². The van der Waals surface area contributed by atoms with Crippen molar-refractivity contribution in [3.63, 3.8) is 0 Å². The Morgan fingerprint density at radius 3 is 2.31 bits per heavy atom. The summed E-state index contributed by atoms with van der Waals surface area (Å²) in [7, 11) is -3.14. The number of sulfone groups is 1. The fourth-order valence-electron chi connectivity index (χ4n) is 2.16. The summed E-state index contributed by atoms with van der Waals surface area (Å²) in [6.45, 7) is 3.84. The Kier molecular flexibility index (Phi) is 6.74. The first kappa shape index (κ1) is 20.3. The topological polar surface area (TPSA) is 115 Å². The number of nitrogens with one attached hydrogen (secondary N) is 1. The molecule has 7 nitrogen and oxygen atoms in total. The number of anilines is 1. The van der Waals surface area contributed by atoms with Crippen LogP contribution in [0.2, 0.25) is 0 Å². The number of carbonyl (C=O) groups excluding carboxylic acids is 1. The summed E-state index contributed by atoms with van der Waals surface area (Å²) in [5.74, 6) is -0.528. The molecule has 9 heteroatoms. The van der Waals surface area contributed by atoms with Gasteiger partial charge in [0.2, 0.25) is 5.91 Å². The number of rotatable bonds is 7. The summed E-state index contributed by atoms with van der Waals surface area (Å²) in [5.41, 5.74) is 8.15. The SMILES string of the molecule is Cc1cc(C)nc(Sc2ccc(NC(=O)C(N)CCS(C)(=O)=O)cc2)n1. The Bertz CT molecular complexity index is 863. The molecular weight excluding hydrogens is 372 g/mol. The number of aryl methyl sites for hydroxylation is 2. The van der Waals surface area contributed by atoms with Crippen molar-refractivity contribution in [1.29, 1.82) is 0 Å². The molecule has 0 bridgehead atoms. The number of nitrogens with zero attached hydrogens (tertiary/aromatic N) is 2. The van der Waals surface area contributed by atoms with Crippen molar-refractivity contribution in [2.24, 2.45) is 5.73 Å². The molecule has 1 aromatic heterocycles. The van der Waals surface area contributed by atoms with Crippen LogP contribution in [0.25, 0.3) is 0 Å². The first-order chi connectivity index (χ1) is 12.1. The van der Waals surface area contributed by atoms with E-state index in [-0.39, 0.29) is 12.2 Å². The standard InChI is InChI=1S/C17H22N4O3S2/c1-11-10-12(2)20-17(19-11)25-14-6-4-13(5-7-14)21-16(22)15(18)8-9-26(3,23)24/h4-7,10,15H,8-9,18H2,1-3H3,(H,21,22). The van der Waals surface area contributed by atoms with Crippen molar-refractivity contribution < 1.29 is 13.2 Å². The number of amides is 1. The van der Waals surface area contributed by atoms with Gasteiger partial charge in [-0.25, -0.2) is 18.4 Å². The van der Waals surface area contributed by atoms with Gasteiger partial charge in [0.15, 0.2) is 5.16 Å². The van der Waals surface area contributed by atoms with Crippen LogP contribution < -0.4 is 11.1 Å². The summed E-state index contributed by atoms with van der Waals surface area (Å²) in [6.07, 6.45) is 1.20. The molecule has 0 fully saturated rings. The van der Waals surface area contributed by atoms with E-state index < -0.39 is 21.8 Å². The first-order valence-corrected chi connectivity index (χ1v) is 10.8. The molecule has 2 rings (SSSR count). The average Bonchev–Trinajstić information content (AvgIpc) is 2.52. The van der Waals surface area contributed by atoms with Gasteiger partial charge < -0.3 is 11.1 Å². The molecule has 26 heavy (non-hydrogen) atoms. The van der Waals surface area contributed by atoms with Crippen LogP contribution in [0.5, 0.6) is 0 Å².